The molecule has 0 aromatic carbocycles. The van der Waals surface area contributed by atoms with Gasteiger partial charge in [0.25, 0.3) is 5.91 Å². The first-order valence-corrected chi connectivity index (χ1v) is 8.53. The minimum atomic E-state index is -0.793. The number of aliphatic hydroxyl groups excluding tert-OH is 1. The Balaban J connectivity index is 1.86. The molecule has 0 saturated carbocycles. The highest BCUT2D eigenvalue weighted by atomic mass is 16.3. The number of piperazine rings is 1. The molecule has 2 atom stereocenters. The Hall–Kier alpha value is -1.18. The van der Waals surface area contributed by atoms with E-state index in [4.69, 9.17) is 0 Å². The lowest BCUT2D eigenvalue weighted by molar-refractivity contribution is -0.130. The Morgan fingerprint density at radius 3 is 2.52 bits per heavy atom. The lowest BCUT2D eigenvalue weighted by atomic mass is 10.1. The third kappa shape index (κ3) is 4.22. The van der Waals surface area contributed by atoms with E-state index in [0.29, 0.717) is 25.7 Å². The lowest BCUT2D eigenvalue weighted by Crippen LogP contribution is -2.55. The fourth-order valence-corrected chi connectivity index (χ4v) is 3.39. The van der Waals surface area contributed by atoms with Gasteiger partial charge in [-0.1, -0.05) is 6.92 Å². The van der Waals surface area contributed by atoms with E-state index in [1.807, 2.05) is 6.92 Å². The molecule has 0 aromatic rings. The monoisotopic (exact) mass is 326 g/mol. The van der Waals surface area contributed by atoms with Gasteiger partial charge in [-0.2, -0.15) is 0 Å². The van der Waals surface area contributed by atoms with Crippen LogP contribution in [0.4, 0.5) is 4.79 Å². The molecule has 2 aliphatic heterocycles. The number of β-amino-alcohol motifs (C(OH)–C–C–N with tert-alkyl or cyclic N) is 1. The number of hydrogen-bond acceptors (Lipinski definition) is 5. The van der Waals surface area contributed by atoms with Crippen LogP contribution in [0.1, 0.15) is 34.1 Å². The molecule has 2 saturated heterocycles. The largest absolute Gasteiger partial charge is 0.392 e. The van der Waals surface area contributed by atoms with Gasteiger partial charge in [-0.3, -0.25) is 19.5 Å². The molecule has 7 heteroatoms. The average molecular weight is 326 g/mol. The van der Waals surface area contributed by atoms with Crippen LogP contribution in [0.3, 0.4) is 0 Å². The molecule has 7 nitrogen and oxygen atoms in total. The predicted octanol–water partition coefficient (Wildman–Crippen LogP) is 0.0938. The molecule has 2 aliphatic rings. The number of aliphatic hydroxyl groups is 1. The van der Waals surface area contributed by atoms with E-state index in [9.17, 15) is 14.7 Å². The number of rotatable bonds is 6. The van der Waals surface area contributed by atoms with Crippen molar-refractivity contribution < 1.29 is 14.7 Å². The number of imide groups is 1. The zero-order valence-corrected chi connectivity index (χ0v) is 14.7. The summed E-state index contributed by atoms with van der Waals surface area (Å²) in [5.41, 5.74) is -0.793. The Bertz CT molecular complexity index is 453. The first-order chi connectivity index (χ1) is 10.7. The molecular weight excluding hydrogens is 296 g/mol. The van der Waals surface area contributed by atoms with Crippen LogP contribution in [0.15, 0.2) is 0 Å². The number of amides is 3. The van der Waals surface area contributed by atoms with Crippen molar-refractivity contribution in [2.75, 3.05) is 39.3 Å². The van der Waals surface area contributed by atoms with Crippen molar-refractivity contribution in [1.29, 1.82) is 0 Å². The topological polar surface area (TPSA) is 76.1 Å². The standard InChI is InChI=1S/C16H30N4O3/c1-5-13-11-18(6-8-19(13)10-12(2)21)7-9-20-14(22)16(3,4)17-15(20)23/h12-13,21H,5-11H2,1-4H3,(H,17,23)/t12-,13+/m1/s1. The Morgan fingerprint density at radius 2 is 2.00 bits per heavy atom. The minimum absolute atomic E-state index is 0.151. The van der Waals surface area contributed by atoms with Gasteiger partial charge < -0.3 is 10.4 Å². The van der Waals surface area contributed by atoms with Gasteiger partial charge in [0.05, 0.1) is 6.10 Å². The number of nitrogens with one attached hydrogen (secondary N) is 1. The normalized spacial score (nSPS) is 27.3. The summed E-state index contributed by atoms with van der Waals surface area (Å²) >= 11 is 0. The van der Waals surface area contributed by atoms with Gasteiger partial charge in [-0.15, -0.1) is 0 Å². The van der Waals surface area contributed by atoms with Crippen LogP contribution >= 0.6 is 0 Å². The zero-order chi connectivity index (χ0) is 17.2. The Kier molecular flexibility index (Phi) is 5.65. The average Bonchev–Trinajstić information content (AvgIpc) is 2.66. The number of carbonyl (C=O) groups excluding carboxylic acids is 2. The number of carbonyl (C=O) groups is 2. The molecule has 0 bridgehead atoms. The van der Waals surface area contributed by atoms with Crippen molar-refractivity contribution in [2.24, 2.45) is 0 Å². The maximum atomic E-state index is 12.2. The summed E-state index contributed by atoms with van der Waals surface area (Å²) in [4.78, 5) is 30.1. The second-order valence-electron chi connectivity index (χ2n) is 7.22. The molecule has 23 heavy (non-hydrogen) atoms. The molecule has 2 fully saturated rings. The van der Waals surface area contributed by atoms with Gasteiger partial charge in [0, 0.05) is 45.3 Å². The van der Waals surface area contributed by atoms with E-state index < -0.39 is 5.54 Å². The third-order valence-corrected chi connectivity index (χ3v) is 4.74. The molecule has 0 aromatic heterocycles. The highest BCUT2D eigenvalue weighted by Gasteiger charge is 2.44. The van der Waals surface area contributed by atoms with Gasteiger partial charge in [0.1, 0.15) is 5.54 Å². The second kappa shape index (κ2) is 7.15. The van der Waals surface area contributed by atoms with Crippen molar-refractivity contribution >= 4 is 11.9 Å². The summed E-state index contributed by atoms with van der Waals surface area (Å²) in [6.07, 6.45) is 0.711. The summed E-state index contributed by atoms with van der Waals surface area (Å²) in [7, 11) is 0. The minimum Gasteiger partial charge on any atom is -0.392 e. The molecule has 132 valence electrons. The number of hydrogen-bond donors (Lipinski definition) is 2. The maximum Gasteiger partial charge on any atom is 0.325 e. The molecule has 0 aliphatic carbocycles. The molecular formula is C16H30N4O3. The van der Waals surface area contributed by atoms with E-state index in [1.54, 1.807) is 13.8 Å². The van der Waals surface area contributed by atoms with Crippen LogP contribution in [-0.2, 0) is 4.79 Å². The summed E-state index contributed by atoms with van der Waals surface area (Å²) in [6.45, 7) is 12.0. The van der Waals surface area contributed by atoms with Gasteiger partial charge >= 0.3 is 6.03 Å². The van der Waals surface area contributed by atoms with Gasteiger partial charge in [0.2, 0.25) is 0 Å². The third-order valence-electron chi connectivity index (χ3n) is 4.74. The van der Waals surface area contributed by atoms with E-state index in [1.165, 1.54) is 4.90 Å². The van der Waals surface area contributed by atoms with Crippen molar-refractivity contribution in [1.82, 2.24) is 20.0 Å². The summed E-state index contributed by atoms with van der Waals surface area (Å²) in [5, 5.41) is 12.3. The lowest BCUT2D eigenvalue weighted by Gasteiger charge is -2.42. The quantitative estimate of drug-likeness (QED) is 0.677. The van der Waals surface area contributed by atoms with Crippen LogP contribution in [-0.4, -0.2) is 88.7 Å². The van der Waals surface area contributed by atoms with E-state index >= 15 is 0 Å². The first-order valence-electron chi connectivity index (χ1n) is 8.53. The Morgan fingerprint density at radius 1 is 1.30 bits per heavy atom. The van der Waals surface area contributed by atoms with E-state index in [2.05, 4.69) is 22.0 Å². The van der Waals surface area contributed by atoms with Gasteiger partial charge in [-0.05, 0) is 27.2 Å². The number of nitrogens with zero attached hydrogens (tertiary/aromatic N) is 3. The molecule has 2 rings (SSSR count). The maximum absolute atomic E-state index is 12.2. The van der Waals surface area contributed by atoms with Crippen molar-refractivity contribution in [3.63, 3.8) is 0 Å². The first kappa shape index (κ1) is 18.2. The van der Waals surface area contributed by atoms with Crippen LogP contribution < -0.4 is 5.32 Å². The van der Waals surface area contributed by atoms with Crippen LogP contribution in [0.2, 0.25) is 0 Å². The SMILES string of the molecule is CC[C@H]1CN(CCN2C(=O)NC(C)(C)C2=O)CCN1C[C@@H](C)O. The highest BCUT2D eigenvalue weighted by molar-refractivity contribution is 6.06. The van der Waals surface area contributed by atoms with Crippen LogP contribution in [0, 0.1) is 0 Å². The number of urea groups is 1. The highest BCUT2D eigenvalue weighted by Crippen LogP contribution is 2.17. The fourth-order valence-electron chi connectivity index (χ4n) is 3.39. The van der Waals surface area contributed by atoms with E-state index in [-0.39, 0.29) is 18.0 Å². The van der Waals surface area contributed by atoms with Gasteiger partial charge in [-0.25, -0.2) is 4.79 Å². The second-order valence-corrected chi connectivity index (χ2v) is 7.22. The van der Waals surface area contributed by atoms with Crippen molar-refractivity contribution in [3.8, 4) is 0 Å². The Labute approximate surface area is 138 Å². The van der Waals surface area contributed by atoms with Crippen LogP contribution in [0.5, 0.6) is 0 Å². The molecule has 0 unspecified atom stereocenters. The van der Waals surface area contributed by atoms with Crippen molar-refractivity contribution in [2.45, 2.75) is 51.8 Å². The summed E-state index contributed by atoms with van der Waals surface area (Å²) in [6, 6.07) is 0.123. The van der Waals surface area contributed by atoms with Crippen LogP contribution in [0.25, 0.3) is 0 Å². The van der Waals surface area contributed by atoms with E-state index in [0.717, 1.165) is 26.1 Å². The summed E-state index contributed by atoms with van der Waals surface area (Å²) < 4.78 is 0. The zero-order valence-electron chi connectivity index (χ0n) is 14.7. The smallest absolute Gasteiger partial charge is 0.325 e. The van der Waals surface area contributed by atoms with Gasteiger partial charge in [0.15, 0.2) is 0 Å². The van der Waals surface area contributed by atoms with Crippen molar-refractivity contribution in [3.05, 3.63) is 0 Å². The predicted molar refractivity (Wildman–Crippen MR) is 88.1 cm³/mol. The fraction of sp³-hybridized carbons (Fsp3) is 0.875. The molecule has 2 N–H and O–H groups in total. The molecule has 3 amide bonds. The molecule has 0 radical (unpaired) electrons. The molecule has 2 heterocycles. The molecule has 0 spiro atoms. The summed E-state index contributed by atoms with van der Waals surface area (Å²) in [5.74, 6) is -0.151.